The normalized spacial score (nSPS) is 15.3. The molecule has 1 heterocycles. The van der Waals surface area contributed by atoms with Gasteiger partial charge in [0.25, 0.3) is 0 Å². The molecular weight excluding hydrogens is 194 g/mol. The Kier molecular flexibility index (Phi) is 2.47. The number of hydrogen-bond acceptors (Lipinski definition) is 1. The van der Waals surface area contributed by atoms with Gasteiger partial charge in [0.05, 0.1) is 6.04 Å². The Morgan fingerprint density at radius 3 is 1.50 bits per heavy atom. The topological polar surface area (TPSA) is 3.01 Å². The highest BCUT2D eigenvalue weighted by atomic mass is 15.3. The smallest absolute Gasteiger partial charge is 0.0602 e. The summed E-state index contributed by atoms with van der Waals surface area (Å²) in [6.45, 7) is 2.43. The molecule has 1 aliphatic heterocycles. The molecule has 0 saturated carbocycles. The standard InChI is InChI=1S/C15H15N/c1-3-7-13(8-4-1)15(16-11-12-16)14-9-5-2-6-10-14/h1-10,15H,11-12H2. The Bertz CT molecular complexity index is 406. The summed E-state index contributed by atoms with van der Waals surface area (Å²) in [7, 11) is 0. The van der Waals surface area contributed by atoms with Crippen LogP contribution in [0.15, 0.2) is 60.7 Å². The van der Waals surface area contributed by atoms with Crippen LogP contribution < -0.4 is 0 Å². The summed E-state index contributed by atoms with van der Waals surface area (Å²) in [4.78, 5) is 2.49. The SMILES string of the molecule is c1ccc(C(c2ccccc2)N2CC2)cc1. The highest BCUT2D eigenvalue weighted by Crippen LogP contribution is 2.32. The van der Waals surface area contributed by atoms with Crippen molar-refractivity contribution in [3.05, 3.63) is 71.8 Å². The van der Waals surface area contributed by atoms with Gasteiger partial charge in [-0.05, 0) is 11.1 Å². The van der Waals surface area contributed by atoms with Gasteiger partial charge in [-0.1, -0.05) is 60.7 Å². The van der Waals surface area contributed by atoms with E-state index < -0.39 is 0 Å². The van der Waals surface area contributed by atoms with Crippen LogP contribution in [0.25, 0.3) is 0 Å². The zero-order valence-corrected chi connectivity index (χ0v) is 9.21. The fraction of sp³-hybridized carbons (Fsp3) is 0.200. The van der Waals surface area contributed by atoms with Crippen LogP contribution in [-0.2, 0) is 0 Å². The molecule has 2 aromatic carbocycles. The monoisotopic (exact) mass is 209 g/mol. The molecule has 1 nitrogen and oxygen atoms in total. The molecule has 16 heavy (non-hydrogen) atoms. The minimum atomic E-state index is 0.447. The van der Waals surface area contributed by atoms with Gasteiger partial charge in [0.1, 0.15) is 0 Å². The number of benzene rings is 2. The maximum atomic E-state index is 2.49. The summed E-state index contributed by atoms with van der Waals surface area (Å²) in [5, 5.41) is 0. The van der Waals surface area contributed by atoms with Gasteiger partial charge < -0.3 is 0 Å². The van der Waals surface area contributed by atoms with E-state index in [-0.39, 0.29) is 0 Å². The summed E-state index contributed by atoms with van der Waals surface area (Å²) < 4.78 is 0. The molecule has 80 valence electrons. The number of rotatable bonds is 3. The van der Waals surface area contributed by atoms with Crippen molar-refractivity contribution in [3.8, 4) is 0 Å². The minimum Gasteiger partial charge on any atom is -0.290 e. The van der Waals surface area contributed by atoms with Crippen molar-refractivity contribution in [1.82, 2.24) is 4.90 Å². The van der Waals surface area contributed by atoms with Crippen molar-refractivity contribution in [1.29, 1.82) is 0 Å². The first-order valence-electron chi connectivity index (χ1n) is 5.79. The van der Waals surface area contributed by atoms with Crippen LogP contribution in [-0.4, -0.2) is 18.0 Å². The summed E-state index contributed by atoms with van der Waals surface area (Å²) in [5.41, 5.74) is 2.79. The van der Waals surface area contributed by atoms with Crippen LogP contribution in [0.3, 0.4) is 0 Å². The Balaban J connectivity index is 1.99. The molecule has 0 aliphatic carbocycles. The van der Waals surface area contributed by atoms with E-state index >= 15 is 0 Å². The van der Waals surface area contributed by atoms with Crippen molar-refractivity contribution in [2.45, 2.75) is 6.04 Å². The first-order valence-corrected chi connectivity index (χ1v) is 5.79. The second-order valence-corrected chi connectivity index (χ2v) is 4.26. The average molecular weight is 209 g/mol. The molecule has 0 N–H and O–H groups in total. The van der Waals surface area contributed by atoms with Gasteiger partial charge in [-0.15, -0.1) is 0 Å². The first kappa shape index (κ1) is 9.61. The van der Waals surface area contributed by atoms with Gasteiger partial charge in [-0.2, -0.15) is 0 Å². The molecule has 0 atom stereocenters. The lowest BCUT2D eigenvalue weighted by Gasteiger charge is -2.19. The summed E-state index contributed by atoms with van der Waals surface area (Å²) in [5.74, 6) is 0. The van der Waals surface area contributed by atoms with E-state index in [0.717, 1.165) is 0 Å². The van der Waals surface area contributed by atoms with E-state index in [4.69, 9.17) is 0 Å². The quantitative estimate of drug-likeness (QED) is 0.702. The number of hydrogen-bond donors (Lipinski definition) is 0. The predicted molar refractivity (Wildman–Crippen MR) is 66.3 cm³/mol. The van der Waals surface area contributed by atoms with E-state index in [9.17, 15) is 0 Å². The Hall–Kier alpha value is -1.60. The third-order valence-corrected chi connectivity index (χ3v) is 3.08. The molecule has 0 aromatic heterocycles. The summed E-state index contributed by atoms with van der Waals surface area (Å²) in [6.07, 6.45) is 0. The second-order valence-electron chi connectivity index (χ2n) is 4.26. The van der Waals surface area contributed by atoms with Gasteiger partial charge in [0.15, 0.2) is 0 Å². The summed E-state index contributed by atoms with van der Waals surface area (Å²) >= 11 is 0. The largest absolute Gasteiger partial charge is 0.290 e. The summed E-state index contributed by atoms with van der Waals surface area (Å²) in [6, 6.07) is 22.0. The molecule has 0 amide bonds. The lowest BCUT2D eigenvalue weighted by atomic mass is 9.99. The highest BCUT2D eigenvalue weighted by Gasteiger charge is 2.29. The zero-order valence-electron chi connectivity index (χ0n) is 9.21. The molecule has 0 bridgehead atoms. The number of nitrogens with zero attached hydrogens (tertiary/aromatic N) is 1. The van der Waals surface area contributed by atoms with Crippen molar-refractivity contribution in [2.75, 3.05) is 13.1 Å². The molecule has 1 aliphatic rings. The molecule has 1 heteroatoms. The zero-order chi connectivity index (χ0) is 10.8. The Morgan fingerprint density at radius 2 is 1.12 bits per heavy atom. The maximum Gasteiger partial charge on any atom is 0.0602 e. The fourth-order valence-electron chi connectivity index (χ4n) is 2.20. The van der Waals surface area contributed by atoms with Gasteiger partial charge in [0, 0.05) is 13.1 Å². The third-order valence-electron chi connectivity index (χ3n) is 3.08. The van der Waals surface area contributed by atoms with Crippen molar-refractivity contribution < 1.29 is 0 Å². The molecule has 2 aromatic rings. The van der Waals surface area contributed by atoms with Gasteiger partial charge >= 0.3 is 0 Å². The second kappa shape index (κ2) is 4.11. The van der Waals surface area contributed by atoms with Gasteiger partial charge in [-0.3, -0.25) is 4.90 Å². The van der Waals surface area contributed by atoms with E-state index in [1.165, 1.54) is 24.2 Å². The van der Waals surface area contributed by atoms with Crippen LogP contribution in [0.5, 0.6) is 0 Å². The van der Waals surface area contributed by atoms with Crippen LogP contribution >= 0.6 is 0 Å². The Labute approximate surface area is 96.3 Å². The highest BCUT2D eigenvalue weighted by molar-refractivity contribution is 5.32. The van der Waals surface area contributed by atoms with E-state index in [2.05, 4.69) is 65.6 Å². The molecule has 0 radical (unpaired) electrons. The van der Waals surface area contributed by atoms with Gasteiger partial charge in [-0.25, -0.2) is 0 Å². The van der Waals surface area contributed by atoms with E-state index in [1.54, 1.807) is 0 Å². The van der Waals surface area contributed by atoms with E-state index in [1.807, 2.05) is 0 Å². The predicted octanol–water partition coefficient (Wildman–Crippen LogP) is 3.09. The molecule has 0 spiro atoms. The molecular formula is C15H15N. The lowest BCUT2D eigenvalue weighted by Crippen LogP contribution is -2.10. The molecule has 3 rings (SSSR count). The maximum absolute atomic E-state index is 2.49. The van der Waals surface area contributed by atoms with Crippen molar-refractivity contribution in [2.24, 2.45) is 0 Å². The van der Waals surface area contributed by atoms with E-state index in [0.29, 0.717) is 6.04 Å². The van der Waals surface area contributed by atoms with Gasteiger partial charge in [0.2, 0.25) is 0 Å². The van der Waals surface area contributed by atoms with Crippen molar-refractivity contribution >= 4 is 0 Å². The lowest BCUT2D eigenvalue weighted by molar-refractivity contribution is 0.472. The third kappa shape index (κ3) is 1.86. The fourth-order valence-corrected chi connectivity index (χ4v) is 2.20. The Morgan fingerprint density at radius 1 is 0.688 bits per heavy atom. The molecule has 1 saturated heterocycles. The molecule has 1 fully saturated rings. The van der Waals surface area contributed by atoms with Crippen LogP contribution in [0, 0.1) is 0 Å². The van der Waals surface area contributed by atoms with Crippen molar-refractivity contribution in [3.63, 3.8) is 0 Å². The van der Waals surface area contributed by atoms with Crippen LogP contribution in [0.2, 0.25) is 0 Å². The van der Waals surface area contributed by atoms with Crippen LogP contribution in [0.1, 0.15) is 17.2 Å². The first-order chi connectivity index (χ1) is 7.95. The van der Waals surface area contributed by atoms with Crippen LogP contribution in [0.4, 0.5) is 0 Å². The molecule has 0 unspecified atom stereocenters. The minimum absolute atomic E-state index is 0.447. The average Bonchev–Trinajstić information content (AvgIpc) is 3.17.